The van der Waals surface area contributed by atoms with Gasteiger partial charge in [-0.2, -0.15) is 17.6 Å². The summed E-state index contributed by atoms with van der Waals surface area (Å²) in [5.41, 5.74) is -1.71. The number of hydrogen-bond donors (Lipinski definition) is 0. The van der Waals surface area contributed by atoms with Gasteiger partial charge in [0, 0.05) is 0 Å². The first-order chi connectivity index (χ1) is 18.2. The van der Waals surface area contributed by atoms with E-state index in [1.807, 2.05) is 0 Å². The van der Waals surface area contributed by atoms with Crippen molar-refractivity contribution in [3.8, 4) is 5.75 Å². The first kappa shape index (κ1) is 29.3. The SMILES string of the molecule is CCCCCCCC1CCC2CC(C3CCC(C(=O)Oc4ccc(C(F)(F)F)c(F)c4F)CC3)CCC2C1. The largest absolute Gasteiger partial charge is 0.423 e. The lowest BCUT2D eigenvalue weighted by Crippen LogP contribution is -2.35. The first-order valence-electron chi connectivity index (χ1n) is 14.9. The van der Waals surface area contributed by atoms with Crippen molar-refractivity contribution in [2.75, 3.05) is 0 Å². The summed E-state index contributed by atoms with van der Waals surface area (Å²) in [7, 11) is 0. The summed E-state index contributed by atoms with van der Waals surface area (Å²) in [5.74, 6) is -1.80. The van der Waals surface area contributed by atoms with Crippen LogP contribution in [0.5, 0.6) is 5.75 Å². The molecule has 0 radical (unpaired) electrons. The lowest BCUT2D eigenvalue weighted by atomic mass is 9.60. The van der Waals surface area contributed by atoms with Crippen LogP contribution in [0.3, 0.4) is 0 Å². The van der Waals surface area contributed by atoms with E-state index >= 15 is 0 Å². The van der Waals surface area contributed by atoms with Gasteiger partial charge in [-0.25, -0.2) is 4.39 Å². The maximum absolute atomic E-state index is 14.1. The molecular weight excluding hydrogens is 499 g/mol. The molecule has 3 aliphatic rings. The highest BCUT2D eigenvalue weighted by molar-refractivity contribution is 5.75. The van der Waals surface area contributed by atoms with E-state index in [-0.39, 0.29) is 0 Å². The van der Waals surface area contributed by atoms with Crippen molar-refractivity contribution in [2.45, 2.75) is 116 Å². The van der Waals surface area contributed by atoms with Crippen LogP contribution in [0.4, 0.5) is 22.0 Å². The standard InChI is InChI=1S/C31H43F5O2/c1-2-3-4-5-6-7-20-8-9-25-19-24(15-14-23(25)18-20)21-10-12-22(13-11-21)30(37)38-27-17-16-26(31(34,35)36)28(32)29(27)33/h16-17,20-25H,2-15,18-19H2,1H3. The molecular formula is C31H43F5O2. The van der Waals surface area contributed by atoms with E-state index in [9.17, 15) is 26.7 Å². The summed E-state index contributed by atoms with van der Waals surface area (Å²) >= 11 is 0. The van der Waals surface area contributed by atoms with Crippen LogP contribution in [0.25, 0.3) is 0 Å². The van der Waals surface area contributed by atoms with Crippen molar-refractivity contribution >= 4 is 5.97 Å². The van der Waals surface area contributed by atoms with E-state index < -0.39 is 41.0 Å². The van der Waals surface area contributed by atoms with E-state index in [2.05, 4.69) is 6.92 Å². The number of benzene rings is 1. The Morgan fingerprint density at radius 2 is 1.39 bits per heavy atom. The first-order valence-corrected chi connectivity index (χ1v) is 14.9. The van der Waals surface area contributed by atoms with Gasteiger partial charge < -0.3 is 4.74 Å². The van der Waals surface area contributed by atoms with Crippen LogP contribution in [0.2, 0.25) is 0 Å². The molecule has 0 aromatic heterocycles. The number of alkyl halides is 3. The van der Waals surface area contributed by atoms with Crippen LogP contribution in [0.15, 0.2) is 12.1 Å². The Morgan fingerprint density at radius 1 is 0.789 bits per heavy atom. The number of ether oxygens (including phenoxy) is 1. The number of carbonyl (C=O) groups is 1. The molecule has 38 heavy (non-hydrogen) atoms. The fraction of sp³-hybridized carbons (Fsp3) is 0.774. The Hall–Kier alpha value is -1.66. The highest BCUT2D eigenvalue weighted by Gasteiger charge is 2.40. The second-order valence-electron chi connectivity index (χ2n) is 12.2. The number of fused-ring (bicyclic) bond motifs is 1. The van der Waals surface area contributed by atoms with Crippen molar-refractivity contribution < 1.29 is 31.5 Å². The van der Waals surface area contributed by atoms with Gasteiger partial charge in [-0.3, -0.25) is 4.79 Å². The number of carbonyl (C=O) groups excluding carboxylic acids is 1. The minimum Gasteiger partial charge on any atom is -0.423 e. The molecule has 3 saturated carbocycles. The fourth-order valence-corrected chi connectivity index (χ4v) is 7.60. The second-order valence-corrected chi connectivity index (χ2v) is 12.2. The summed E-state index contributed by atoms with van der Waals surface area (Å²) in [4.78, 5) is 12.6. The smallest absolute Gasteiger partial charge is 0.419 e. The van der Waals surface area contributed by atoms with Crippen LogP contribution in [-0.2, 0) is 11.0 Å². The average molecular weight is 543 g/mol. The zero-order chi connectivity index (χ0) is 27.3. The predicted molar refractivity (Wildman–Crippen MR) is 137 cm³/mol. The number of unbranched alkanes of at least 4 members (excludes halogenated alkanes) is 4. The third-order valence-electron chi connectivity index (χ3n) is 9.81. The topological polar surface area (TPSA) is 26.3 Å². The van der Waals surface area contributed by atoms with E-state index in [1.54, 1.807) is 0 Å². The normalized spacial score (nSPS) is 30.1. The van der Waals surface area contributed by atoms with E-state index in [4.69, 9.17) is 4.74 Å². The molecule has 3 aliphatic carbocycles. The van der Waals surface area contributed by atoms with E-state index in [0.717, 1.165) is 30.6 Å². The molecule has 0 spiro atoms. The van der Waals surface area contributed by atoms with E-state index in [0.29, 0.717) is 36.8 Å². The number of hydrogen-bond acceptors (Lipinski definition) is 2. The number of halogens is 5. The predicted octanol–water partition coefficient (Wildman–Crippen LogP) is 9.89. The fourth-order valence-electron chi connectivity index (χ4n) is 7.60. The molecule has 0 saturated heterocycles. The Balaban J connectivity index is 1.20. The third-order valence-corrected chi connectivity index (χ3v) is 9.81. The summed E-state index contributed by atoms with van der Waals surface area (Å²) < 4.78 is 71.3. The van der Waals surface area contributed by atoms with Crippen LogP contribution in [-0.4, -0.2) is 5.97 Å². The maximum Gasteiger partial charge on any atom is 0.419 e. The highest BCUT2D eigenvalue weighted by atomic mass is 19.4. The van der Waals surface area contributed by atoms with Gasteiger partial charge in [0.25, 0.3) is 0 Å². The molecule has 214 valence electrons. The van der Waals surface area contributed by atoms with Gasteiger partial charge in [-0.1, -0.05) is 51.9 Å². The van der Waals surface area contributed by atoms with Crippen LogP contribution >= 0.6 is 0 Å². The average Bonchev–Trinajstić information content (AvgIpc) is 2.90. The van der Waals surface area contributed by atoms with E-state index in [1.165, 1.54) is 77.0 Å². The highest BCUT2D eigenvalue weighted by Crippen LogP contribution is 2.50. The lowest BCUT2D eigenvalue weighted by molar-refractivity contribution is -0.141. The molecule has 0 aliphatic heterocycles. The zero-order valence-electron chi connectivity index (χ0n) is 22.6. The number of rotatable bonds is 9. The Kier molecular flexibility index (Phi) is 10.1. The Morgan fingerprint density at radius 3 is 2.08 bits per heavy atom. The zero-order valence-corrected chi connectivity index (χ0v) is 22.6. The minimum atomic E-state index is -5.02. The molecule has 1 aromatic rings. The minimum absolute atomic E-state index is 0.412. The lowest BCUT2D eigenvalue weighted by Gasteiger charge is -2.45. The summed E-state index contributed by atoms with van der Waals surface area (Å²) in [5, 5.41) is 0. The molecule has 2 nitrogen and oxygen atoms in total. The van der Waals surface area contributed by atoms with Crippen LogP contribution in [0, 0.1) is 47.1 Å². The molecule has 0 amide bonds. The van der Waals surface area contributed by atoms with Gasteiger partial charge >= 0.3 is 12.1 Å². The quantitative estimate of drug-likeness (QED) is 0.134. The Labute approximate surface area is 224 Å². The molecule has 0 bridgehead atoms. The van der Waals surface area contributed by atoms with Gasteiger partial charge in [0.2, 0.25) is 5.82 Å². The second kappa shape index (κ2) is 13.1. The third kappa shape index (κ3) is 7.29. The van der Waals surface area contributed by atoms with Gasteiger partial charge in [0.05, 0.1) is 11.5 Å². The van der Waals surface area contributed by atoms with Crippen molar-refractivity contribution in [1.29, 1.82) is 0 Å². The molecule has 4 rings (SSSR count). The summed E-state index contributed by atoms with van der Waals surface area (Å²) in [6.07, 6.45) is 14.3. The molecule has 4 atom stereocenters. The van der Waals surface area contributed by atoms with Crippen molar-refractivity contribution in [2.24, 2.45) is 35.5 Å². The van der Waals surface area contributed by atoms with Crippen LogP contribution < -0.4 is 4.74 Å². The van der Waals surface area contributed by atoms with Crippen molar-refractivity contribution in [3.63, 3.8) is 0 Å². The van der Waals surface area contributed by atoms with Gasteiger partial charge in [-0.15, -0.1) is 0 Å². The molecule has 3 fully saturated rings. The summed E-state index contributed by atoms with van der Waals surface area (Å²) in [6, 6.07) is 1.10. The Bertz CT molecular complexity index is 922. The van der Waals surface area contributed by atoms with Gasteiger partial charge in [0.1, 0.15) is 0 Å². The molecule has 0 N–H and O–H groups in total. The molecule has 1 aromatic carbocycles. The van der Waals surface area contributed by atoms with Gasteiger partial charge in [0.15, 0.2) is 11.6 Å². The van der Waals surface area contributed by atoms with Crippen molar-refractivity contribution in [1.82, 2.24) is 0 Å². The molecule has 4 unspecified atom stereocenters. The van der Waals surface area contributed by atoms with Gasteiger partial charge in [-0.05, 0) is 99.5 Å². The molecule has 7 heteroatoms. The van der Waals surface area contributed by atoms with Crippen LogP contribution in [0.1, 0.15) is 115 Å². The number of esters is 1. The summed E-state index contributed by atoms with van der Waals surface area (Å²) in [6.45, 7) is 2.26. The van der Waals surface area contributed by atoms with Crippen molar-refractivity contribution in [3.05, 3.63) is 29.3 Å². The molecule has 0 heterocycles. The maximum atomic E-state index is 14.1. The monoisotopic (exact) mass is 542 g/mol.